The van der Waals surface area contributed by atoms with Crippen LogP contribution in [-0.2, 0) is 4.79 Å². The van der Waals surface area contributed by atoms with Crippen molar-refractivity contribution < 1.29 is 4.79 Å². The first-order valence-corrected chi connectivity index (χ1v) is 5.66. The summed E-state index contributed by atoms with van der Waals surface area (Å²) >= 11 is 3.32. The highest BCUT2D eigenvalue weighted by Crippen LogP contribution is 2.16. The molecule has 0 fully saturated rings. The number of anilines is 1. The number of amides is 1. The maximum absolute atomic E-state index is 11.5. The molecule has 0 unspecified atom stereocenters. The number of carbonyl (C=O) groups excluding carboxylic acids is 1. The maximum atomic E-state index is 11.5. The molecule has 0 atom stereocenters. The summed E-state index contributed by atoms with van der Waals surface area (Å²) in [5, 5.41) is 5.65. The number of rotatable bonds is 5. The van der Waals surface area contributed by atoms with Crippen LogP contribution in [0.2, 0.25) is 0 Å². The summed E-state index contributed by atoms with van der Waals surface area (Å²) in [6, 6.07) is 1.90. The molecule has 2 N–H and O–H groups in total. The Bertz CT molecular complexity index is 393. The van der Waals surface area contributed by atoms with E-state index in [1.165, 1.54) is 0 Å². The number of hydrogen-bond donors (Lipinski definition) is 2. The highest BCUT2D eigenvalue weighted by atomic mass is 79.9. The lowest BCUT2D eigenvalue weighted by atomic mass is 10.3. The zero-order valence-electron chi connectivity index (χ0n) is 9.09. The molecule has 1 rings (SSSR count). The third-order valence-corrected chi connectivity index (χ3v) is 2.31. The average molecular weight is 284 g/mol. The Balaban J connectivity index is 2.52. The first-order chi connectivity index (χ1) is 7.63. The first-order valence-electron chi connectivity index (χ1n) is 4.87. The van der Waals surface area contributed by atoms with E-state index in [2.05, 4.69) is 38.1 Å². The fourth-order valence-electron chi connectivity index (χ4n) is 1.14. The fraction of sp³-hybridized carbons (Fsp3) is 0.273. The summed E-state index contributed by atoms with van der Waals surface area (Å²) in [6.45, 7) is 6.31. The number of aromatic nitrogens is 1. The van der Waals surface area contributed by atoms with Crippen molar-refractivity contribution in [1.29, 1.82) is 0 Å². The Labute approximate surface area is 103 Å². The van der Waals surface area contributed by atoms with Crippen LogP contribution in [0.5, 0.6) is 0 Å². The van der Waals surface area contributed by atoms with Gasteiger partial charge in [0, 0.05) is 17.2 Å². The molecule has 0 bridgehead atoms. The lowest BCUT2D eigenvalue weighted by molar-refractivity contribution is -0.115. The Morgan fingerprint density at radius 2 is 2.44 bits per heavy atom. The van der Waals surface area contributed by atoms with Crippen molar-refractivity contribution in [2.75, 3.05) is 18.4 Å². The molecule has 1 aromatic heterocycles. The Hall–Kier alpha value is -1.20. The molecule has 5 heteroatoms. The zero-order valence-corrected chi connectivity index (χ0v) is 10.7. The smallest absolute Gasteiger partial charge is 0.239 e. The Kier molecular flexibility index (Phi) is 5.14. The lowest BCUT2D eigenvalue weighted by Crippen LogP contribution is -2.28. The SMILES string of the molecule is C=CCNCC(=O)Nc1ncc(Br)cc1C. The third kappa shape index (κ3) is 4.12. The molecule has 0 aliphatic heterocycles. The molecule has 0 spiro atoms. The van der Waals surface area contributed by atoms with E-state index in [-0.39, 0.29) is 12.5 Å². The summed E-state index contributed by atoms with van der Waals surface area (Å²) in [4.78, 5) is 15.6. The van der Waals surface area contributed by atoms with E-state index in [0.717, 1.165) is 10.0 Å². The van der Waals surface area contributed by atoms with Crippen LogP contribution >= 0.6 is 15.9 Å². The van der Waals surface area contributed by atoms with Gasteiger partial charge < -0.3 is 10.6 Å². The van der Waals surface area contributed by atoms with Gasteiger partial charge in [-0.05, 0) is 34.5 Å². The van der Waals surface area contributed by atoms with Crippen molar-refractivity contribution in [3.8, 4) is 0 Å². The normalized spacial score (nSPS) is 9.88. The monoisotopic (exact) mass is 283 g/mol. The van der Waals surface area contributed by atoms with Crippen LogP contribution in [0.4, 0.5) is 5.82 Å². The molecular weight excluding hydrogens is 270 g/mol. The van der Waals surface area contributed by atoms with E-state index in [4.69, 9.17) is 0 Å². The van der Waals surface area contributed by atoms with Gasteiger partial charge in [0.15, 0.2) is 0 Å². The molecule has 1 amide bonds. The topological polar surface area (TPSA) is 54.0 Å². The summed E-state index contributed by atoms with van der Waals surface area (Å²) in [5.74, 6) is 0.480. The first kappa shape index (κ1) is 12.9. The molecule has 86 valence electrons. The molecule has 16 heavy (non-hydrogen) atoms. The number of carbonyl (C=O) groups is 1. The van der Waals surface area contributed by atoms with Gasteiger partial charge in [-0.25, -0.2) is 4.98 Å². The number of nitrogens with one attached hydrogen (secondary N) is 2. The molecule has 0 aliphatic carbocycles. The summed E-state index contributed by atoms with van der Waals surface area (Å²) < 4.78 is 0.896. The van der Waals surface area contributed by atoms with E-state index in [9.17, 15) is 4.79 Å². The molecule has 1 heterocycles. The molecule has 0 aromatic carbocycles. The van der Waals surface area contributed by atoms with Crippen molar-refractivity contribution in [1.82, 2.24) is 10.3 Å². The number of aryl methyl sites for hydroxylation is 1. The number of pyridine rings is 1. The highest BCUT2D eigenvalue weighted by molar-refractivity contribution is 9.10. The number of nitrogens with zero attached hydrogens (tertiary/aromatic N) is 1. The third-order valence-electron chi connectivity index (χ3n) is 1.88. The molecule has 0 radical (unpaired) electrons. The molecule has 0 saturated carbocycles. The Morgan fingerprint density at radius 1 is 1.69 bits per heavy atom. The van der Waals surface area contributed by atoms with Gasteiger partial charge in [-0.2, -0.15) is 0 Å². The molecule has 1 aromatic rings. The molecule has 0 saturated heterocycles. The molecule has 4 nitrogen and oxygen atoms in total. The van der Waals surface area contributed by atoms with Gasteiger partial charge in [0.25, 0.3) is 0 Å². The predicted octanol–water partition coefficient (Wildman–Crippen LogP) is 1.87. The van der Waals surface area contributed by atoms with Crippen LogP contribution < -0.4 is 10.6 Å². The van der Waals surface area contributed by atoms with Gasteiger partial charge in [0.05, 0.1) is 6.54 Å². The van der Waals surface area contributed by atoms with E-state index in [1.807, 2.05) is 13.0 Å². The van der Waals surface area contributed by atoms with Crippen molar-refractivity contribution >= 4 is 27.7 Å². The average Bonchev–Trinajstić information content (AvgIpc) is 2.23. The maximum Gasteiger partial charge on any atom is 0.239 e. The molecule has 0 aliphatic rings. The quantitative estimate of drug-likeness (QED) is 0.641. The largest absolute Gasteiger partial charge is 0.309 e. The highest BCUT2D eigenvalue weighted by Gasteiger charge is 2.05. The Morgan fingerprint density at radius 3 is 3.06 bits per heavy atom. The summed E-state index contributed by atoms with van der Waals surface area (Å²) in [5.41, 5.74) is 0.923. The second-order valence-corrected chi connectivity index (χ2v) is 4.20. The van der Waals surface area contributed by atoms with Gasteiger partial charge in [-0.15, -0.1) is 6.58 Å². The van der Waals surface area contributed by atoms with E-state index in [0.29, 0.717) is 12.4 Å². The molecular formula is C11H14BrN3O. The lowest BCUT2D eigenvalue weighted by Gasteiger charge is -2.07. The predicted molar refractivity (Wildman–Crippen MR) is 68.4 cm³/mol. The van der Waals surface area contributed by atoms with Crippen LogP contribution in [0.1, 0.15) is 5.56 Å². The number of hydrogen-bond acceptors (Lipinski definition) is 3. The van der Waals surface area contributed by atoms with Gasteiger partial charge >= 0.3 is 0 Å². The van der Waals surface area contributed by atoms with Crippen molar-refractivity contribution in [3.05, 3.63) is 35.0 Å². The van der Waals surface area contributed by atoms with Crippen LogP contribution in [-0.4, -0.2) is 24.0 Å². The van der Waals surface area contributed by atoms with Crippen LogP contribution in [0.3, 0.4) is 0 Å². The minimum absolute atomic E-state index is 0.111. The number of halogens is 1. The van der Waals surface area contributed by atoms with E-state index >= 15 is 0 Å². The summed E-state index contributed by atoms with van der Waals surface area (Å²) in [7, 11) is 0. The van der Waals surface area contributed by atoms with Gasteiger partial charge in [0.2, 0.25) is 5.91 Å². The van der Waals surface area contributed by atoms with Crippen LogP contribution in [0, 0.1) is 6.92 Å². The summed E-state index contributed by atoms with van der Waals surface area (Å²) in [6.07, 6.45) is 3.36. The fourth-order valence-corrected chi connectivity index (χ4v) is 1.58. The van der Waals surface area contributed by atoms with Gasteiger partial charge in [-0.3, -0.25) is 4.79 Å². The van der Waals surface area contributed by atoms with Crippen LogP contribution in [0.25, 0.3) is 0 Å². The minimum Gasteiger partial charge on any atom is -0.309 e. The minimum atomic E-state index is -0.111. The van der Waals surface area contributed by atoms with Crippen LogP contribution in [0.15, 0.2) is 29.4 Å². The van der Waals surface area contributed by atoms with Gasteiger partial charge in [-0.1, -0.05) is 6.08 Å². The van der Waals surface area contributed by atoms with Gasteiger partial charge in [0.1, 0.15) is 5.82 Å². The second-order valence-electron chi connectivity index (χ2n) is 3.29. The standard InChI is InChI=1S/C11H14BrN3O/c1-3-4-13-7-10(16)15-11-8(2)5-9(12)6-14-11/h3,5-6,13H,1,4,7H2,2H3,(H,14,15,16). The second kappa shape index (κ2) is 6.40. The van der Waals surface area contributed by atoms with E-state index in [1.54, 1.807) is 12.3 Å². The zero-order chi connectivity index (χ0) is 12.0. The van der Waals surface area contributed by atoms with Crippen molar-refractivity contribution in [2.45, 2.75) is 6.92 Å². The van der Waals surface area contributed by atoms with Crippen molar-refractivity contribution in [2.24, 2.45) is 0 Å². The van der Waals surface area contributed by atoms with E-state index < -0.39 is 0 Å². The van der Waals surface area contributed by atoms with Crippen molar-refractivity contribution in [3.63, 3.8) is 0 Å².